The molecule has 7 aromatic rings. The highest BCUT2D eigenvalue weighted by Crippen LogP contribution is 2.29. The van der Waals surface area contributed by atoms with Crippen LogP contribution in [-0.2, 0) is 52.4 Å². The number of aromatic nitrogens is 4. The topological polar surface area (TPSA) is 222 Å². The summed E-state index contributed by atoms with van der Waals surface area (Å²) in [5, 5.41) is 0. The fraction of sp³-hybridized carbons (Fsp3) is 0.432. The van der Waals surface area contributed by atoms with Gasteiger partial charge in [-0.15, -0.1) is 0 Å². The lowest BCUT2D eigenvalue weighted by Crippen LogP contribution is -2.62. The van der Waals surface area contributed by atoms with Gasteiger partial charge in [0.2, 0.25) is 0 Å². The molecular weight excluding hydrogens is 1210 g/mol. The number of hydrogen-bond donors (Lipinski definition) is 0. The highest BCUT2D eigenvalue weighted by Gasteiger charge is 2.41. The quantitative estimate of drug-likeness (QED) is 0.138. The molecule has 10 heterocycles. The van der Waals surface area contributed by atoms with Crippen molar-refractivity contribution in [2.75, 3.05) is 53.3 Å². The van der Waals surface area contributed by atoms with Crippen LogP contribution in [0.1, 0.15) is 129 Å². The molecule has 6 aliphatic rings. The van der Waals surface area contributed by atoms with Gasteiger partial charge in [0.15, 0.2) is 0 Å². The van der Waals surface area contributed by atoms with Gasteiger partial charge in [-0.2, -0.15) is 0 Å². The van der Waals surface area contributed by atoms with Gasteiger partial charge in [0.05, 0.1) is 151 Å². The first-order chi connectivity index (χ1) is 44.7. The summed E-state index contributed by atoms with van der Waals surface area (Å²) in [5.41, 5.74) is 6.06. The maximum Gasteiger partial charge on any atom is 0.322 e. The number of pyridine rings is 4. The zero-order valence-corrected chi connectivity index (χ0v) is 58.4. The molecule has 514 valence electrons. The second-order valence-corrected chi connectivity index (χ2v) is 28.6. The van der Waals surface area contributed by atoms with Crippen molar-refractivity contribution in [2.24, 2.45) is 0 Å². The van der Waals surface area contributed by atoms with Crippen LogP contribution in [0.25, 0.3) is 0 Å². The maximum absolute atomic E-state index is 13.6. The zero-order chi connectivity index (χ0) is 67.2. The van der Waals surface area contributed by atoms with E-state index < -0.39 is 0 Å². The average molecular weight is 1310 g/mol. The lowest BCUT2D eigenvalue weighted by atomic mass is 10.1. The number of nitrogens with zero attached hydrogens (tertiary/aromatic N) is 16. The van der Waals surface area contributed by atoms with Crippen molar-refractivity contribution in [1.82, 2.24) is 78.7 Å². The van der Waals surface area contributed by atoms with Gasteiger partial charge < -0.3 is 50.2 Å². The Morgan fingerprint density at radius 3 is 0.438 bits per heavy atom. The summed E-state index contributed by atoms with van der Waals surface area (Å²) in [6, 6.07) is 59.5. The Hall–Kier alpha value is -8.90. The van der Waals surface area contributed by atoms with E-state index in [9.17, 15) is 19.2 Å². The van der Waals surface area contributed by atoms with Crippen LogP contribution in [0, 0.1) is 0 Å². The van der Waals surface area contributed by atoms with Gasteiger partial charge in [0.25, 0.3) is 0 Å². The number of benzene rings is 3. The second kappa shape index (κ2) is 33.2. The minimum atomic E-state index is -0.111. The third kappa shape index (κ3) is 21.0. The molecule has 4 N–H and O–H groups in total. The molecule has 96 heavy (non-hydrogen) atoms. The number of rotatable bonds is 0. The molecule has 0 aliphatic carbocycles. The van der Waals surface area contributed by atoms with Gasteiger partial charge >= 0.3 is 24.1 Å². The van der Waals surface area contributed by atoms with Crippen LogP contribution < -0.4 is 0 Å². The minimum Gasteiger partial charge on any atom is -0.412 e. The third-order valence-electron chi connectivity index (χ3n) is 17.0. The molecule has 6 aliphatic heterocycles. The largest absolute Gasteiger partial charge is 0.412 e. The van der Waals surface area contributed by atoms with Gasteiger partial charge in [-0.05, 0) is 132 Å². The molecule has 0 spiro atoms. The molecule has 4 fully saturated rings. The minimum absolute atomic E-state index is 0. The van der Waals surface area contributed by atoms with E-state index in [0.717, 1.165) is 45.6 Å². The van der Waals surface area contributed by atoms with Crippen molar-refractivity contribution < 1.29 is 30.1 Å². The molecule has 4 aromatic heterocycles. The Labute approximate surface area is 569 Å². The SMILES string of the molecule is CC(C)(C)N1CN2Cc3cccc(n3)CN3CN(C(C)(C)C)CN(Cc4cccc(n4)CN(C1)C2=O)C3=O.CC(C)(C)N1CN2Cc3cccc(n3)CN3CN(C(C)(C)C)CN(Cc4cccc(n4)CN(C1)C2=O)C3=O.O.O.c1ccccc1.c1ccccc1.c1ccccc1. The first-order valence-electron chi connectivity index (χ1n) is 32.7. The van der Waals surface area contributed by atoms with E-state index in [0.29, 0.717) is 106 Å². The fourth-order valence-corrected chi connectivity index (χ4v) is 11.3. The molecule has 3 aromatic carbocycles. The molecule has 22 heteroatoms. The Bertz CT molecular complexity index is 2920. The maximum atomic E-state index is 13.6. The van der Waals surface area contributed by atoms with Gasteiger partial charge in [0.1, 0.15) is 0 Å². The molecule has 0 saturated carbocycles. The van der Waals surface area contributed by atoms with Crippen LogP contribution in [0.4, 0.5) is 19.2 Å². The summed E-state index contributed by atoms with van der Waals surface area (Å²) in [6.07, 6.45) is 0. The summed E-state index contributed by atoms with van der Waals surface area (Å²) >= 11 is 0. The van der Waals surface area contributed by atoms with Crippen LogP contribution in [0.2, 0.25) is 0 Å². The summed E-state index contributed by atoms with van der Waals surface area (Å²) in [5.74, 6) is 0. The van der Waals surface area contributed by atoms with Crippen molar-refractivity contribution >= 4 is 24.1 Å². The van der Waals surface area contributed by atoms with Crippen LogP contribution in [0.5, 0.6) is 0 Å². The van der Waals surface area contributed by atoms with E-state index >= 15 is 0 Å². The predicted octanol–water partition coefficient (Wildman–Crippen LogP) is 10.8. The van der Waals surface area contributed by atoms with E-state index in [2.05, 4.69) is 103 Å². The zero-order valence-electron chi connectivity index (χ0n) is 58.4. The lowest BCUT2D eigenvalue weighted by molar-refractivity contribution is -0.0230. The summed E-state index contributed by atoms with van der Waals surface area (Å²) in [4.78, 5) is 98.0. The van der Waals surface area contributed by atoms with E-state index in [-0.39, 0.29) is 57.2 Å². The van der Waals surface area contributed by atoms with Gasteiger partial charge in [-0.25, -0.2) is 19.2 Å². The number of hydrogen-bond acceptors (Lipinski definition) is 12. The first-order valence-corrected chi connectivity index (χ1v) is 32.7. The van der Waals surface area contributed by atoms with Crippen molar-refractivity contribution in [3.63, 3.8) is 0 Å². The number of carbonyl (C=O) groups is 4. The molecular formula is C74H102N16O6. The van der Waals surface area contributed by atoms with E-state index in [4.69, 9.17) is 19.9 Å². The summed E-state index contributed by atoms with van der Waals surface area (Å²) in [7, 11) is 0. The highest BCUT2D eigenvalue weighted by molar-refractivity contribution is 5.77. The fourth-order valence-electron chi connectivity index (χ4n) is 11.3. The average Bonchev–Trinajstić information content (AvgIpc) is 0.843. The standard InChI is InChI=1S/2C28H40N8O2.3C6H6.2H2O/c2*1-27(2,3)35-17-31-13-21-9-7-11-23(29-21)15-33-19-36(28(4,5)6)20-34(26(33)38)16-24-12-8-10-22(30-24)14-32(18-35)25(31)37;3*1-2-4-6-5-3-1;;/h2*7-12H,13-20H2,1-6H3;3*1-6H;2*1H2. The molecule has 0 atom stereocenters. The van der Waals surface area contributed by atoms with Crippen LogP contribution >= 0.6 is 0 Å². The summed E-state index contributed by atoms with van der Waals surface area (Å²) < 4.78 is 0. The Morgan fingerprint density at radius 2 is 0.333 bits per heavy atom. The van der Waals surface area contributed by atoms with E-state index in [1.165, 1.54) is 0 Å². The first kappa shape index (κ1) is 74.5. The van der Waals surface area contributed by atoms with Gasteiger partial charge in [-0.1, -0.05) is 133 Å². The molecule has 0 radical (unpaired) electrons. The van der Waals surface area contributed by atoms with Crippen LogP contribution in [0.3, 0.4) is 0 Å². The summed E-state index contributed by atoms with van der Waals surface area (Å²) in [6.45, 7) is 33.4. The van der Waals surface area contributed by atoms with Crippen LogP contribution in [-0.4, -0.2) is 189 Å². The van der Waals surface area contributed by atoms with Gasteiger partial charge in [0, 0.05) is 22.2 Å². The molecule has 22 nitrogen and oxygen atoms in total. The number of fused-ring (bicyclic) bond motifs is 16. The van der Waals surface area contributed by atoms with Crippen molar-refractivity contribution in [2.45, 2.75) is 158 Å². The third-order valence-corrected chi connectivity index (χ3v) is 17.0. The van der Waals surface area contributed by atoms with Gasteiger partial charge in [-0.3, -0.25) is 39.5 Å². The van der Waals surface area contributed by atoms with E-state index in [1.807, 2.05) is 221 Å². The number of urea groups is 4. The van der Waals surface area contributed by atoms with Crippen molar-refractivity contribution in [3.05, 3.63) is 228 Å². The van der Waals surface area contributed by atoms with Crippen molar-refractivity contribution in [3.8, 4) is 0 Å². The number of carbonyl (C=O) groups excluding carboxylic acids is 4. The van der Waals surface area contributed by atoms with Crippen LogP contribution in [0.15, 0.2) is 182 Å². The monoisotopic (exact) mass is 1310 g/mol. The molecule has 0 unspecified atom stereocenters. The van der Waals surface area contributed by atoms with Crippen molar-refractivity contribution in [1.29, 1.82) is 0 Å². The predicted molar refractivity (Wildman–Crippen MR) is 375 cm³/mol. The number of amides is 8. The smallest absolute Gasteiger partial charge is 0.322 e. The Morgan fingerprint density at radius 1 is 0.219 bits per heavy atom. The molecule has 16 bridgehead atoms. The second-order valence-electron chi connectivity index (χ2n) is 28.6. The Kier molecular flexibility index (Phi) is 25.7. The normalized spacial score (nSPS) is 17.5. The molecule has 13 rings (SSSR count). The van der Waals surface area contributed by atoms with E-state index in [1.54, 1.807) is 0 Å². The Balaban J connectivity index is 0.000000210. The molecule has 8 amide bonds. The molecule has 4 saturated heterocycles. The highest BCUT2D eigenvalue weighted by atomic mass is 16.2. The lowest BCUT2D eigenvalue weighted by Gasteiger charge is -2.48.